The van der Waals surface area contributed by atoms with Gasteiger partial charge in [-0.2, -0.15) is 5.48 Å². The van der Waals surface area contributed by atoms with Crippen molar-refractivity contribution < 1.29 is 33.9 Å². The number of rotatable bonds is 16. The quantitative estimate of drug-likeness (QED) is 0.131. The average Bonchev–Trinajstić information content (AvgIpc) is 3.44. The summed E-state index contributed by atoms with van der Waals surface area (Å²) >= 11 is 0. The lowest BCUT2D eigenvalue weighted by Gasteiger charge is -2.31. The van der Waals surface area contributed by atoms with E-state index in [2.05, 4.69) is 10.6 Å². The lowest BCUT2D eigenvalue weighted by atomic mass is 9.94. The van der Waals surface area contributed by atoms with Gasteiger partial charge >= 0.3 is 5.97 Å². The van der Waals surface area contributed by atoms with Gasteiger partial charge in [0.05, 0.1) is 12.5 Å². The van der Waals surface area contributed by atoms with Crippen molar-refractivity contribution in [2.45, 2.75) is 104 Å². The highest BCUT2D eigenvalue weighted by molar-refractivity contribution is 6.02. The molecule has 5 atom stereocenters. The molecule has 0 spiro atoms. The fraction of sp³-hybridized carbons (Fsp3) is 0.645. The molecule has 1 saturated heterocycles. The van der Waals surface area contributed by atoms with E-state index in [1.54, 1.807) is 20.8 Å². The van der Waals surface area contributed by atoms with Crippen LogP contribution >= 0.6 is 0 Å². The van der Waals surface area contributed by atoms with Gasteiger partial charge in [-0.05, 0) is 42.6 Å². The number of Topliss-reactive ketones (excluding diaryl/α,β-unsaturated/α-hetero) is 1. The van der Waals surface area contributed by atoms with Crippen LogP contribution in [0.4, 0.5) is 0 Å². The fourth-order valence-corrected chi connectivity index (χ4v) is 5.03. The van der Waals surface area contributed by atoms with Crippen LogP contribution in [-0.4, -0.2) is 70.3 Å². The van der Waals surface area contributed by atoms with E-state index in [0.717, 1.165) is 5.56 Å². The maximum absolute atomic E-state index is 13.7. The molecule has 0 saturated carbocycles. The number of nitrogens with one attached hydrogen (secondary N) is 3. The summed E-state index contributed by atoms with van der Waals surface area (Å²) in [4.78, 5) is 66.9. The summed E-state index contributed by atoms with van der Waals surface area (Å²) < 4.78 is 5.51. The first kappa shape index (κ1) is 34.9. The number of carbonyl (C=O) groups excluding carboxylic acids is 5. The molecule has 234 valence electrons. The Bertz CT molecular complexity index is 1060. The van der Waals surface area contributed by atoms with Crippen LogP contribution in [0.25, 0.3) is 0 Å². The minimum absolute atomic E-state index is 0.0542. The van der Waals surface area contributed by atoms with Gasteiger partial charge in [0.25, 0.3) is 0 Å². The summed E-state index contributed by atoms with van der Waals surface area (Å²) in [7, 11) is 0. The number of hydroxylamine groups is 1. The number of esters is 1. The molecule has 0 bridgehead atoms. The molecule has 4 N–H and O–H groups in total. The third-order valence-corrected chi connectivity index (χ3v) is 7.65. The van der Waals surface area contributed by atoms with Gasteiger partial charge in [-0.25, -0.2) is 4.79 Å². The largest absolute Gasteiger partial charge is 0.459 e. The first-order valence-corrected chi connectivity index (χ1v) is 14.9. The topological polar surface area (TPSA) is 154 Å². The number of likely N-dealkylation sites (tertiary alicyclic amines) is 1. The van der Waals surface area contributed by atoms with Gasteiger partial charge in [-0.1, -0.05) is 78.3 Å². The van der Waals surface area contributed by atoms with Gasteiger partial charge in [0, 0.05) is 6.54 Å². The molecule has 1 aromatic carbocycles. The Morgan fingerprint density at radius 1 is 1.00 bits per heavy atom. The van der Waals surface area contributed by atoms with Crippen LogP contribution in [0, 0.1) is 17.8 Å². The SMILES string of the molecule is CC[C@H](C)[C@@H](NO)C(=O)CC(=O)N[C@H](C(=O)N[C@@H](CC(C)C)C(=O)N1CCC[C@H]1C(=O)OCc1ccccc1)C(C)C. The molecule has 0 unspecified atom stereocenters. The minimum Gasteiger partial charge on any atom is -0.459 e. The molecule has 11 heteroatoms. The highest BCUT2D eigenvalue weighted by atomic mass is 16.5. The van der Waals surface area contributed by atoms with Crippen molar-refractivity contribution in [2.24, 2.45) is 17.8 Å². The van der Waals surface area contributed by atoms with Crippen molar-refractivity contribution in [1.82, 2.24) is 21.0 Å². The van der Waals surface area contributed by atoms with Crippen LogP contribution in [-0.2, 0) is 35.3 Å². The Morgan fingerprint density at radius 3 is 2.24 bits per heavy atom. The first-order valence-electron chi connectivity index (χ1n) is 14.9. The van der Waals surface area contributed by atoms with Crippen molar-refractivity contribution in [3.8, 4) is 0 Å². The number of hydrogen-bond donors (Lipinski definition) is 4. The first-order chi connectivity index (χ1) is 19.9. The number of benzene rings is 1. The molecule has 1 fully saturated rings. The minimum atomic E-state index is -0.998. The van der Waals surface area contributed by atoms with E-state index in [-0.39, 0.29) is 30.3 Å². The third-order valence-electron chi connectivity index (χ3n) is 7.65. The van der Waals surface area contributed by atoms with Crippen molar-refractivity contribution in [3.63, 3.8) is 0 Å². The van der Waals surface area contributed by atoms with E-state index >= 15 is 0 Å². The second kappa shape index (κ2) is 17.0. The van der Waals surface area contributed by atoms with Crippen molar-refractivity contribution >= 4 is 29.5 Å². The van der Waals surface area contributed by atoms with E-state index < -0.39 is 54.2 Å². The third kappa shape index (κ3) is 10.2. The van der Waals surface area contributed by atoms with E-state index in [9.17, 15) is 29.2 Å². The lowest BCUT2D eigenvalue weighted by Crippen LogP contribution is -2.57. The number of ketones is 1. The van der Waals surface area contributed by atoms with E-state index in [1.807, 2.05) is 56.6 Å². The Hall–Kier alpha value is -3.31. The number of carbonyl (C=O) groups is 5. The maximum atomic E-state index is 13.7. The highest BCUT2D eigenvalue weighted by Gasteiger charge is 2.39. The van der Waals surface area contributed by atoms with Crippen LogP contribution in [0.5, 0.6) is 0 Å². The summed E-state index contributed by atoms with van der Waals surface area (Å²) in [6, 6.07) is 5.75. The van der Waals surface area contributed by atoms with Gasteiger partial charge in [0.15, 0.2) is 5.78 Å². The van der Waals surface area contributed by atoms with Gasteiger partial charge in [0.2, 0.25) is 17.7 Å². The van der Waals surface area contributed by atoms with Crippen LogP contribution in [0.1, 0.15) is 79.2 Å². The molecule has 2 rings (SSSR count). The zero-order valence-corrected chi connectivity index (χ0v) is 25.7. The molecule has 3 amide bonds. The lowest BCUT2D eigenvalue weighted by molar-refractivity contribution is -0.155. The normalized spacial score (nSPS) is 17.8. The smallest absolute Gasteiger partial charge is 0.329 e. The van der Waals surface area contributed by atoms with Crippen LogP contribution < -0.4 is 16.1 Å². The maximum Gasteiger partial charge on any atom is 0.329 e. The molecular weight excluding hydrogens is 540 g/mol. The average molecular weight is 589 g/mol. The zero-order valence-electron chi connectivity index (χ0n) is 25.7. The molecule has 0 aromatic heterocycles. The van der Waals surface area contributed by atoms with E-state index in [1.165, 1.54) is 4.90 Å². The summed E-state index contributed by atoms with van der Waals surface area (Å²) in [6.45, 7) is 11.5. The Morgan fingerprint density at radius 2 is 1.67 bits per heavy atom. The Kier molecular flexibility index (Phi) is 14.1. The molecule has 11 nitrogen and oxygen atoms in total. The zero-order chi connectivity index (χ0) is 31.4. The Balaban J connectivity index is 2.10. The molecule has 0 radical (unpaired) electrons. The van der Waals surface area contributed by atoms with Crippen LogP contribution in [0.15, 0.2) is 30.3 Å². The van der Waals surface area contributed by atoms with Crippen molar-refractivity contribution in [3.05, 3.63) is 35.9 Å². The van der Waals surface area contributed by atoms with Crippen LogP contribution in [0.2, 0.25) is 0 Å². The van der Waals surface area contributed by atoms with Gasteiger partial charge in [-0.15, -0.1) is 0 Å². The molecule has 1 aliphatic rings. The summed E-state index contributed by atoms with van der Waals surface area (Å²) in [5, 5.41) is 14.8. The fourth-order valence-electron chi connectivity index (χ4n) is 5.03. The number of ether oxygens (including phenoxy) is 1. The van der Waals surface area contributed by atoms with Gasteiger partial charge in [0.1, 0.15) is 24.7 Å². The Labute approximate surface area is 249 Å². The molecular formula is C31H48N4O7. The predicted molar refractivity (Wildman–Crippen MR) is 157 cm³/mol. The second-order valence-electron chi connectivity index (χ2n) is 11.9. The monoisotopic (exact) mass is 588 g/mol. The number of amides is 3. The summed E-state index contributed by atoms with van der Waals surface area (Å²) in [5.74, 6) is -3.01. The summed E-state index contributed by atoms with van der Waals surface area (Å²) in [6.07, 6.45) is 1.56. The summed E-state index contributed by atoms with van der Waals surface area (Å²) in [5.41, 5.74) is 2.83. The molecule has 0 aliphatic carbocycles. The van der Waals surface area contributed by atoms with Crippen LogP contribution in [0.3, 0.4) is 0 Å². The van der Waals surface area contributed by atoms with E-state index in [0.29, 0.717) is 32.2 Å². The van der Waals surface area contributed by atoms with Gasteiger partial charge in [-0.3, -0.25) is 19.2 Å². The van der Waals surface area contributed by atoms with Gasteiger partial charge < -0.3 is 25.5 Å². The molecule has 42 heavy (non-hydrogen) atoms. The van der Waals surface area contributed by atoms with Crippen molar-refractivity contribution in [1.29, 1.82) is 0 Å². The standard InChI is InChI=1S/C31H48N4O7/c1-7-21(6)28(34-41)25(36)17-26(37)33-27(20(4)5)29(38)32-23(16-19(2)3)30(39)35-15-11-14-24(35)31(40)42-18-22-12-9-8-10-13-22/h8-10,12-13,19-21,23-24,27-28,34,41H,7,11,14-18H2,1-6H3,(H,32,38)(H,33,37)/t21-,23-,24-,27-,28+/m0/s1. The predicted octanol–water partition coefficient (Wildman–Crippen LogP) is 2.75. The molecule has 1 aliphatic heterocycles. The van der Waals surface area contributed by atoms with Crippen molar-refractivity contribution in [2.75, 3.05) is 6.54 Å². The molecule has 1 heterocycles. The highest BCUT2D eigenvalue weighted by Crippen LogP contribution is 2.22. The second-order valence-corrected chi connectivity index (χ2v) is 11.9. The number of nitrogens with zero attached hydrogens (tertiary/aromatic N) is 1. The number of hydrogen-bond acceptors (Lipinski definition) is 8. The van der Waals surface area contributed by atoms with E-state index in [4.69, 9.17) is 4.74 Å². The molecule has 1 aromatic rings.